The van der Waals surface area contributed by atoms with Crippen molar-refractivity contribution in [2.75, 3.05) is 18.0 Å². The van der Waals surface area contributed by atoms with Crippen LogP contribution in [-0.2, 0) is 13.0 Å². The van der Waals surface area contributed by atoms with Gasteiger partial charge in [-0.15, -0.1) is 10.2 Å². The van der Waals surface area contributed by atoms with Crippen molar-refractivity contribution < 1.29 is 0 Å². The zero-order chi connectivity index (χ0) is 14.8. The molecule has 0 unspecified atom stereocenters. The highest BCUT2D eigenvalue weighted by Crippen LogP contribution is 2.29. The predicted octanol–water partition coefficient (Wildman–Crippen LogP) is 2.18. The van der Waals surface area contributed by atoms with Gasteiger partial charge in [0.05, 0.1) is 0 Å². The molecule has 6 heteroatoms. The summed E-state index contributed by atoms with van der Waals surface area (Å²) >= 11 is 0. The largest absolute Gasteiger partial charge is 0.340 e. The second-order valence-corrected chi connectivity index (χ2v) is 6.27. The predicted molar refractivity (Wildman–Crippen MR) is 83.8 cm³/mol. The first-order chi connectivity index (χ1) is 10.9. The Kier molecular flexibility index (Phi) is 3.74. The van der Waals surface area contributed by atoms with Crippen LogP contribution in [0.25, 0.3) is 0 Å². The second-order valence-electron chi connectivity index (χ2n) is 6.27. The van der Waals surface area contributed by atoms with E-state index in [-0.39, 0.29) is 0 Å². The van der Waals surface area contributed by atoms with E-state index in [1.54, 1.807) is 0 Å². The van der Waals surface area contributed by atoms with Gasteiger partial charge in [-0.3, -0.25) is 0 Å². The Balaban J connectivity index is 1.57. The van der Waals surface area contributed by atoms with E-state index in [1.807, 2.05) is 18.5 Å². The monoisotopic (exact) mass is 298 g/mol. The third kappa shape index (κ3) is 2.58. The topological polar surface area (TPSA) is 59.7 Å². The van der Waals surface area contributed by atoms with Gasteiger partial charge in [0.15, 0.2) is 0 Å². The molecule has 0 aromatic carbocycles. The number of rotatable bonds is 2. The summed E-state index contributed by atoms with van der Waals surface area (Å²) in [5.41, 5.74) is 0. The molecule has 6 nitrogen and oxygen atoms in total. The molecule has 0 spiro atoms. The minimum absolute atomic E-state index is 0.442. The van der Waals surface area contributed by atoms with Crippen LogP contribution in [0.5, 0.6) is 0 Å². The zero-order valence-electron chi connectivity index (χ0n) is 12.9. The molecule has 4 rings (SSSR count). The molecule has 2 aliphatic heterocycles. The second kappa shape index (κ2) is 6.02. The van der Waals surface area contributed by atoms with Crippen LogP contribution in [-0.4, -0.2) is 37.8 Å². The molecule has 116 valence electrons. The Morgan fingerprint density at radius 3 is 2.77 bits per heavy atom. The number of nitrogens with zero attached hydrogens (tertiary/aromatic N) is 6. The highest BCUT2D eigenvalue weighted by molar-refractivity contribution is 5.30. The van der Waals surface area contributed by atoms with Crippen molar-refractivity contribution in [3.05, 3.63) is 30.1 Å². The maximum Gasteiger partial charge on any atom is 0.225 e. The highest BCUT2D eigenvalue weighted by atomic mass is 15.3. The summed E-state index contributed by atoms with van der Waals surface area (Å²) < 4.78 is 2.38. The van der Waals surface area contributed by atoms with Crippen molar-refractivity contribution in [3.63, 3.8) is 0 Å². The quantitative estimate of drug-likeness (QED) is 0.850. The summed E-state index contributed by atoms with van der Waals surface area (Å²) in [6.45, 7) is 3.06. The minimum Gasteiger partial charge on any atom is -0.340 e. The first-order valence-corrected chi connectivity index (χ1v) is 8.36. The summed E-state index contributed by atoms with van der Waals surface area (Å²) in [4.78, 5) is 11.1. The fraction of sp³-hybridized carbons (Fsp3) is 0.625. The number of anilines is 1. The Morgan fingerprint density at radius 1 is 0.955 bits per heavy atom. The van der Waals surface area contributed by atoms with Gasteiger partial charge in [0.1, 0.15) is 11.6 Å². The first-order valence-electron chi connectivity index (χ1n) is 8.36. The standard InChI is InChI=1S/C16H22N6/c1-2-7-14-19-20-15(22(14)11-3-1)13-6-4-10-21(12-13)16-17-8-5-9-18-16/h5,8-9,13H,1-4,6-7,10-12H2/t13-/m0/s1. The number of aromatic nitrogens is 5. The molecule has 22 heavy (non-hydrogen) atoms. The van der Waals surface area contributed by atoms with Gasteiger partial charge in [0, 0.05) is 44.4 Å². The molecule has 1 fully saturated rings. The van der Waals surface area contributed by atoms with E-state index in [0.717, 1.165) is 38.4 Å². The summed E-state index contributed by atoms with van der Waals surface area (Å²) in [7, 11) is 0. The number of aryl methyl sites for hydroxylation is 1. The molecule has 0 bridgehead atoms. The molecule has 0 saturated carbocycles. The molecular weight excluding hydrogens is 276 g/mol. The lowest BCUT2D eigenvalue weighted by atomic mass is 9.97. The van der Waals surface area contributed by atoms with Crippen molar-refractivity contribution >= 4 is 5.95 Å². The highest BCUT2D eigenvalue weighted by Gasteiger charge is 2.28. The average Bonchev–Trinajstić information content (AvgIpc) is 2.84. The van der Waals surface area contributed by atoms with E-state index in [1.165, 1.54) is 37.3 Å². The fourth-order valence-electron chi connectivity index (χ4n) is 3.63. The van der Waals surface area contributed by atoms with Crippen molar-refractivity contribution in [2.24, 2.45) is 0 Å². The lowest BCUT2D eigenvalue weighted by Crippen LogP contribution is -2.36. The third-order valence-corrected chi connectivity index (χ3v) is 4.76. The summed E-state index contributed by atoms with van der Waals surface area (Å²) in [5, 5.41) is 8.99. The molecule has 2 aliphatic rings. The number of hydrogen-bond donors (Lipinski definition) is 0. The Morgan fingerprint density at radius 2 is 1.86 bits per heavy atom. The maximum absolute atomic E-state index is 4.54. The van der Waals surface area contributed by atoms with Gasteiger partial charge in [-0.25, -0.2) is 9.97 Å². The number of hydrogen-bond acceptors (Lipinski definition) is 5. The zero-order valence-corrected chi connectivity index (χ0v) is 12.9. The van der Waals surface area contributed by atoms with Gasteiger partial charge in [-0.05, 0) is 31.7 Å². The lowest BCUT2D eigenvalue weighted by molar-refractivity contribution is 0.461. The van der Waals surface area contributed by atoms with E-state index < -0.39 is 0 Å². The molecule has 2 aromatic heterocycles. The number of piperidine rings is 1. The molecule has 4 heterocycles. The average molecular weight is 298 g/mol. The summed E-state index contributed by atoms with van der Waals surface area (Å²) in [6, 6.07) is 1.86. The molecule has 1 atom stereocenters. The molecule has 0 amide bonds. The van der Waals surface area contributed by atoms with Crippen LogP contribution in [0.2, 0.25) is 0 Å². The van der Waals surface area contributed by atoms with Gasteiger partial charge in [-0.1, -0.05) is 6.42 Å². The SMILES string of the molecule is c1cnc(N2CCC[C@H](c3nnc4n3CCCCC4)C2)nc1. The Labute approximate surface area is 130 Å². The van der Waals surface area contributed by atoms with Crippen molar-refractivity contribution in [2.45, 2.75) is 51.0 Å². The third-order valence-electron chi connectivity index (χ3n) is 4.76. The van der Waals surface area contributed by atoms with Crippen LogP contribution in [0.3, 0.4) is 0 Å². The van der Waals surface area contributed by atoms with Crippen molar-refractivity contribution in [1.82, 2.24) is 24.7 Å². The van der Waals surface area contributed by atoms with E-state index >= 15 is 0 Å². The summed E-state index contributed by atoms with van der Waals surface area (Å²) in [5.74, 6) is 3.64. The molecule has 1 saturated heterocycles. The van der Waals surface area contributed by atoms with Crippen LogP contribution in [0, 0.1) is 0 Å². The van der Waals surface area contributed by atoms with Gasteiger partial charge >= 0.3 is 0 Å². The lowest BCUT2D eigenvalue weighted by Gasteiger charge is -2.32. The van der Waals surface area contributed by atoms with Gasteiger partial charge in [-0.2, -0.15) is 0 Å². The smallest absolute Gasteiger partial charge is 0.225 e. The van der Waals surface area contributed by atoms with Crippen LogP contribution < -0.4 is 4.90 Å². The van der Waals surface area contributed by atoms with Crippen molar-refractivity contribution in [3.8, 4) is 0 Å². The minimum atomic E-state index is 0.442. The van der Waals surface area contributed by atoms with Gasteiger partial charge in [0.2, 0.25) is 5.95 Å². The summed E-state index contributed by atoms with van der Waals surface area (Å²) in [6.07, 6.45) is 10.8. The van der Waals surface area contributed by atoms with Crippen LogP contribution >= 0.6 is 0 Å². The Bertz CT molecular complexity index is 623. The molecule has 0 radical (unpaired) electrons. The van der Waals surface area contributed by atoms with Crippen molar-refractivity contribution in [1.29, 1.82) is 0 Å². The van der Waals surface area contributed by atoms with E-state index in [4.69, 9.17) is 0 Å². The first kappa shape index (κ1) is 13.7. The normalized spacial score (nSPS) is 22.2. The van der Waals surface area contributed by atoms with E-state index in [9.17, 15) is 0 Å². The van der Waals surface area contributed by atoms with Gasteiger partial charge < -0.3 is 9.47 Å². The van der Waals surface area contributed by atoms with Crippen LogP contribution in [0.15, 0.2) is 18.5 Å². The maximum atomic E-state index is 4.54. The number of fused-ring (bicyclic) bond motifs is 1. The van der Waals surface area contributed by atoms with Crippen LogP contribution in [0.1, 0.15) is 49.7 Å². The molecular formula is C16H22N6. The fourth-order valence-corrected chi connectivity index (χ4v) is 3.63. The Hall–Kier alpha value is -1.98. The van der Waals surface area contributed by atoms with E-state index in [0.29, 0.717) is 5.92 Å². The molecule has 2 aromatic rings. The van der Waals surface area contributed by atoms with E-state index in [2.05, 4.69) is 29.6 Å². The molecule has 0 aliphatic carbocycles. The van der Waals surface area contributed by atoms with Crippen LogP contribution in [0.4, 0.5) is 5.95 Å². The van der Waals surface area contributed by atoms with Gasteiger partial charge in [0.25, 0.3) is 0 Å². The molecule has 0 N–H and O–H groups in total.